The van der Waals surface area contributed by atoms with Crippen molar-refractivity contribution in [3.05, 3.63) is 70.8 Å². The first-order valence-electron chi connectivity index (χ1n) is 10.9. The quantitative estimate of drug-likeness (QED) is 0.710. The highest BCUT2D eigenvalue weighted by atomic mass is 16.1. The number of benzene rings is 2. The van der Waals surface area contributed by atoms with E-state index in [2.05, 4.69) is 77.6 Å². The van der Waals surface area contributed by atoms with Crippen molar-refractivity contribution >= 4 is 5.91 Å². The maximum Gasteiger partial charge on any atom is 0.220 e. The second kappa shape index (κ2) is 11.1. The van der Waals surface area contributed by atoms with Gasteiger partial charge < -0.3 is 10.2 Å². The van der Waals surface area contributed by atoms with Crippen molar-refractivity contribution in [2.24, 2.45) is 0 Å². The van der Waals surface area contributed by atoms with E-state index in [-0.39, 0.29) is 5.91 Å². The van der Waals surface area contributed by atoms with Crippen LogP contribution < -0.4 is 5.32 Å². The number of hydrogen-bond acceptors (Lipinski definition) is 3. The summed E-state index contributed by atoms with van der Waals surface area (Å²) in [6, 6.07) is 17.4. The summed E-state index contributed by atoms with van der Waals surface area (Å²) in [5.41, 5.74) is 5.37. The Labute approximate surface area is 175 Å². The van der Waals surface area contributed by atoms with Crippen LogP contribution in [-0.4, -0.2) is 62.0 Å². The van der Waals surface area contributed by atoms with Gasteiger partial charge in [-0.25, -0.2) is 0 Å². The van der Waals surface area contributed by atoms with Crippen LogP contribution in [0.25, 0.3) is 0 Å². The van der Waals surface area contributed by atoms with Crippen LogP contribution in [0.4, 0.5) is 0 Å². The molecule has 0 aromatic heterocycles. The molecule has 1 aliphatic heterocycles. The third-order valence-corrected chi connectivity index (χ3v) is 5.89. The zero-order chi connectivity index (χ0) is 20.5. The second-order valence-electron chi connectivity index (χ2n) is 8.27. The van der Waals surface area contributed by atoms with Crippen molar-refractivity contribution in [2.75, 3.05) is 46.3 Å². The van der Waals surface area contributed by atoms with Gasteiger partial charge in [-0.05, 0) is 55.5 Å². The summed E-state index contributed by atoms with van der Waals surface area (Å²) in [7, 11) is 2.16. The van der Waals surface area contributed by atoms with Gasteiger partial charge in [0.25, 0.3) is 0 Å². The fourth-order valence-corrected chi connectivity index (χ4v) is 3.82. The van der Waals surface area contributed by atoms with Gasteiger partial charge >= 0.3 is 0 Å². The van der Waals surface area contributed by atoms with Gasteiger partial charge in [-0.1, -0.05) is 48.5 Å². The smallest absolute Gasteiger partial charge is 0.220 e. The predicted molar refractivity (Wildman–Crippen MR) is 120 cm³/mol. The number of carbonyl (C=O) groups is 1. The van der Waals surface area contributed by atoms with Gasteiger partial charge in [0.1, 0.15) is 0 Å². The summed E-state index contributed by atoms with van der Waals surface area (Å²) in [6.07, 6.45) is 3.43. The van der Waals surface area contributed by atoms with Gasteiger partial charge in [0.15, 0.2) is 0 Å². The molecule has 29 heavy (non-hydrogen) atoms. The monoisotopic (exact) mass is 393 g/mol. The number of carbonyl (C=O) groups excluding carboxylic acids is 1. The minimum absolute atomic E-state index is 0.176. The number of nitrogens with zero attached hydrogens (tertiary/aromatic N) is 2. The number of rotatable bonds is 9. The molecule has 2 aromatic carbocycles. The summed E-state index contributed by atoms with van der Waals surface area (Å²) in [6.45, 7) is 8.34. The van der Waals surface area contributed by atoms with Crippen LogP contribution in [0.15, 0.2) is 48.5 Å². The molecular weight excluding hydrogens is 358 g/mol. The molecule has 156 valence electrons. The lowest BCUT2D eigenvalue weighted by atomic mass is 9.99. The van der Waals surface area contributed by atoms with Crippen molar-refractivity contribution in [3.8, 4) is 0 Å². The van der Waals surface area contributed by atoms with E-state index in [4.69, 9.17) is 0 Å². The number of amides is 1. The van der Waals surface area contributed by atoms with Gasteiger partial charge in [0.05, 0.1) is 0 Å². The van der Waals surface area contributed by atoms with Gasteiger partial charge in [0.2, 0.25) is 5.91 Å². The summed E-state index contributed by atoms with van der Waals surface area (Å²) < 4.78 is 0. The Hall–Kier alpha value is -2.17. The summed E-state index contributed by atoms with van der Waals surface area (Å²) in [4.78, 5) is 16.9. The first kappa shape index (κ1) is 21.5. The van der Waals surface area contributed by atoms with Crippen LogP contribution in [0.2, 0.25) is 0 Å². The Morgan fingerprint density at radius 1 is 0.966 bits per heavy atom. The molecule has 0 radical (unpaired) electrons. The first-order valence-corrected chi connectivity index (χ1v) is 10.9. The predicted octanol–water partition coefficient (Wildman–Crippen LogP) is 3.27. The lowest BCUT2D eigenvalue weighted by Gasteiger charge is -2.32. The van der Waals surface area contributed by atoms with Gasteiger partial charge in [-0.15, -0.1) is 0 Å². The van der Waals surface area contributed by atoms with Crippen LogP contribution in [0, 0.1) is 6.92 Å². The van der Waals surface area contributed by atoms with Crippen LogP contribution in [0.5, 0.6) is 0 Å². The highest BCUT2D eigenvalue weighted by Crippen LogP contribution is 2.15. The van der Waals surface area contributed by atoms with E-state index in [0.29, 0.717) is 6.42 Å². The highest BCUT2D eigenvalue weighted by molar-refractivity contribution is 5.75. The number of piperazine rings is 1. The number of nitrogens with one attached hydrogen (secondary N) is 1. The van der Waals surface area contributed by atoms with Crippen molar-refractivity contribution in [1.29, 1.82) is 0 Å². The molecule has 2 aromatic rings. The van der Waals surface area contributed by atoms with Crippen molar-refractivity contribution in [1.82, 2.24) is 15.1 Å². The van der Waals surface area contributed by atoms with Crippen molar-refractivity contribution < 1.29 is 4.79 Å². The molecule has 0 aliphatic carbocycles. The topological polar surface area (TPSA) is 35.6 Å². The maximum absolute atomic E-state index is 12.1. The highest BCUT2D eigenvalue weighted by Gasteiger charge is 2.13. The van der Waals surface area contributed by atoms with E-state index in [9.17, 15) is 4.79 Å². The molecule has 1 aliphatic rings. The summed E-state index contributed by atoms with van der Waals surface area (Å²) in [5.74, 6) is 0.176. The lowest BCUT2D eigenvalue weighted by Crippen LogP contribution is -2.46. The Balaban J connectivity index is 1.32. The molecule has 3 rings (SSSR count). The zero-order valence-electron chi connectivity index (χ0n) is 18.0. The molecule has 0 unspecified atom stereocenters. The first-order chi connectivity index (χ1) is 14.1. The fraction of sp³-hybridized carbons (Fsp3) is 0.480. The third kappa shape index (κ3) is 7.30. The minimum Gasteiger partial charge on any atom is -0.355 e. The number of aryl methyl sites for hydroxylation is 2. The van der Waals surface area contributed by atoms with E-state index in [1.807, 2.05) is 0 Å². The number of hydrogen-bond donors (Lipinski definition) is 1. The average Bonchev–Trinajstić information content (AvgIpc) is 2.72. The molecule has 1 saturated heterocycles. The van der Waals surface area contributed by atoms with E-state index >= 15 is 0 Å². The zero-order valence-corrected chi connectivity index (χ0v) is 18.0. The lowest BCUT2D eigenvalue weighted by molar-refractivity contribution is -0.121. The molecular formula is C25H35N3O. The third-order valence-electron chi connectivity index (χ3n) is 5.89. The molecule has 0 saturated carbocycles. The fourth-order valence-electron chi connectivity index (χ4n) is 3.82. The van der Waals surface area contributed by atoms with E-state index in [1.54, 1.807) is 0 Å². The van der Waals surface area contributed by atoms with Crippen molar-refractivity contribution in [3.63, 3.8) is 0 Å². The largest absolute Gasteiger partial charge is 0.355 e. The average molecular weight is 394 g/mol. The molecule has 0 atom stereocenters. The molecule has 1 heterocycles. The normalized spacial score (nSPS) is 15.4. The van der Waals surface area contributed by atoms with Crippen molar-refractivity contribution in [2.45, 2.75) is 32.6 Å². The molecule has 4 nitrogen and oxygen atoms in total. The summed E-state index contributed by atoms with van der Waals surface area (Å²) >= 11 is 0. The maximum atomic E-state index is 12.1. The van der Waals surface area contributed by atoms with Crippen LogP contribution in [0.1, 0.15) is 35.1 Å². The minimum atomic E-state index is 0.176. The molecule has 1 fully saturated rings. The Morgan fingerprint density at radius 2 is 1.66 bits per heavy atom. The van der Waals surface area contributed by atoms with Crippen LogP contribution in [-0.2, 0) is 17.6 Å². The van der Waals surface area contributed by atoms with E-state index in [0.717, 1.165) is 58.5 Å². The molecule has 1 amide bonds. The SMILES string of the molecule is Cc1ccccc1Cc1ccc(CCCC(=O)NCCN2CCN(C)CC2)cc1. The molecule has 4 heteroatoms. The van der Waals surface area contributed by atoms with Crippen LogP contribution >= 0.6 is 0 Å². The molecule has 1 N–H and O–H groups in total. The van der Waals surface area contributed by atoms with E-state index in [1.165, 1.54) is 22.3 Å². The molecule has 0 spiro atoms. The number of likely N-dealkylation sites (N-methyl/N-ethyl adjacent to an activating group) is 1. The van der Waals surface area contributed by atoms with Gasteiger partial charge in [-0.2, -0.15) is 0 Å². The Bertz CT molecular complexity index is 764. The standard InChI is InChI=1S/C25H35N3O/c1-21-6-3-4-8-24(21)20-23-12-10-22(11-13-23)7-5-9-25(29)26-14-15-28-18-16-27(2)17-19-28/h3-4,6,8,10-13H,5,7,9,14-20H2,1-2H3,(H,26,29). The Morgan fingerprint density at radius 3 is 2.38 bits per heavy atom. The van der Waals surface area contributed by atoms with Gasteiger partial charge in [0, 0.05) is 45.7 Å². The Kier molecular flexibility index (Phi) is 8.26. The van der Waals surface area contributed by atoms with Gasteiger partial charge in [-0.3, -0.25) is 9.69 Å². The second-order valence-corrected chi connectivity index (χ2v) is 8.27. The van der Waals surface area contributed by atoms with Crippen LogP contribution in [0.3, 0.4) is 0 Å². The van der Waals surface area contributed by atoms with E-state index < -0.39 is 0 Å². The molecule has 0 bridgehead atoms. The summed E-state index contributed by atoms with van der Waals surface area (Å²) in [5, 5.41) is 3.07.